The van der Waals surface area contributed by atoms with Gasteiger partial charge in [0.1, 0.15) is 5.70 Å². The Bertz CT molecular complexity index is 1110. The summed E-state index contributed by atoms with van der Waals surface area (Å²) in [6.45, 7) is 3.15. The third-order valence-electron chi connectivity index (χ3n) is 4.73. The molecule has 0 aliphatic carbocycles. The minimum absolute atomic E-state index is 0.00935. The SMILES string of the molecule is CCOC(=O)[C@]1(C)C=C(Nc2cccc(C(=O)[O-])c2)C(=O)N1c1cccc(C(=O)[O-])c1. The molecule has 1 aliphatic heterocycles. The van der Waals surface area contributed by atoms with Gasteiger partial charge in [0.2, 0.25) is 0 Å². The quantitative estimate of drug-likeness (QED) is 0.619. The average Bonchev–Trinajstić information content (AvgIpc) is 2.99. The van der Waals surface area contributed by atoms with Crippen molar-refractivity contribution in [3.05, 3.63) is 71.4 Å². The molecule has 0 fully saturated rings. The van der Waals surface area contributed by atoms with E-state index in [-0.39, 0.29) is 34.8 Å². The van der Waals surface area contributed by atoms with Crippen molar-refractivity contribution >= 4 is 35.2 Å². The Morgan fingerprint density at radius 3 is 2.26 bits per heavy atom. The number of carboxylic acid groups (broad SMARTS) is 2. The van der Waals surface area contributed by atoms with Crippen LogP contribution in [-0.2, 0) is 14.3 Å². The molecule has 1 heterocycles. The number of aromatic carboxylic acids is 2. The lowest BCUT2D eigenvalue weighted by Gasteiger charge is -2.32. The van der Waals surface area contributed by atoms with Crippen LogP contribution in [0.2, 0.25) is 0 Å². The maximum Gasteiger partial charge on any atom is 0.336 e. The molecule has 0 radical (unpaired) electrons. The van der Waals surface area contributed by atoms with Crippen LogP contribution in [0, 0.1) is 0 Å². The van der Waals surface area contributed by atoms with Crippen molar-refractivity contribution in [1.82, 2.24) is 0 Å². The van der Waals surface area contributed by atoms with Gasteiger partial charge < -0.3 is 29.9 Å². The highest BCUT2D eigenvalue weighted by Gasteiger charge is 2.49. The number of benzene rings is 2. The molecule has 0 unspecified atom stereocenters. The van der Waals surface area contributed by atoms with Crippen LogP contribution in [0.1, 0.15) is 34.6 Å². The van der Waals surface area contributed by atoms with Gasteiger partial charge in [0.05, 0.1) is 18.5 Å². The van der Waals surface area contributed by atoms with Crippen LogP contribution in [0.3, 0.4) is 0 Å². The lowest BCUT2D eigenvalue weighted by molar-refractivity contribution is -0.256. The summed E-state index contributed by atoms with van der Waals surface area (Å²) in [7, 11) is 0. The fourth-order valence-corrected chi connectivity index (χ4v) is 3.29. The van der Waals surface area contributed by atoms with E-state index >= 15 is 0 Å². The molecular formula is C22H18N2O7-2. The standard InChI is InChI=1S/C22H20N2O7/c1-3-31-21(30)22(2)12-17(23-15-8-4-6-13(10-15)19(26)27)18(25)24(22)16-9-5-7-14(11-16)20(28)29/h4-12,23H,3H2,1-2H3,(H,26,27)(H,28,29)/p-2/t22-/m0/s1. The van der Waals surface area contributed by atoms with E-state index in [0.717, 1.165) is 4.90 Å². The van der Waals surface area contributed by atoms with Crippen LogP contribution in [0.15, 0.2) is 60.3 Å². The number of nitrogens with zero attached hydrogens (tertiary/aromatic N) is 1. The topological polar surface area (TPSA) is 139 Å². The first-order valence-corrected chi connectivity index (χ1v) is 9.32. The van der Waals surface area contributed by atoms with Crippen LogP contribution < -0.4 is 20.4 Å². The third-order valence-corrected chi connectivity index (χ3v) is 4.73. The summed E-state index contributed by atoms with van der Waals surface area (Å²) in [6, 6.07) is 11.1. The minimum atomic E-state index is -1.58. The van der Waals surface area contributed by atoms with Crippen LogP contribution in [-0.4, -0.2) is 36.0 Å². The molecule has 160 valence electrons. The second-order valence-corrected chi connectivity index (χ2v) is 6.90. The summed E-state index contributed by atoms with van der Waals surface area (Å²) < 4.78 is 5.14. The molecular weight excluding hydrogens is 404 g/mol. The van der Waals surface area contributed by atoms with E-state index in [1.807, 2.05) is 0 Å². The molecule has 1 amide bonds. The van der Waals surface area contributed by atoms with Crippen LogP contribution in [0.4, 0.5) is 11.4 Å². The molecule has 2 aromatic carbocycles. The molecule has 1 N–H and O–H groups in total. The fraction of sp³-hybridized carbons (Fsp3) is 0.182. The Balaban J connectivity index is 2.04. The van der Waals surface area contributed by atoms with E-state index in [1.54, 1.807) is 13.0 Å². The molecule has 0 aromatic heterocycles. The molecule has 1 atom stereocenters. The van der Waals surface area contributed by atoms with Crippen molar-refractivity contribution in [2.24, 2.45) is 0 Å². The van der Waals surface area contributed by atoms with Crippen molar-refractivity contribution in [3.63, 3.8) is 0 Å². The Labute approximate surface area is 177 Å². The van der Waals surface area contributed by atoms with Gasteiger partial charge in [0.25, 0.3) is 5.91 Å². The van der Waals surface area contributed by atoms with E-state index in [1.165, 1.54) is 55.5 Å². The molecule has 0 saturated carbocycles. The van der Waals surface area contributed by atoms with Gasteiger partial charge in [-0.05, 0) is 55.3 Å². The van der Waals surface area contributed by atoms with Gasteiger partial charge in [-0.2, -0.15) is 0 Å². The number of anilines is 2. The van der Waals surface area contributed by atoms with Crippen molar-refractivity contribution in [2.45, 2.75) is 19.4 Å². The predicted octanol–water partition coefficient (Wildman–Crippen LogP) is 0.0780. The first-order valence-electron chi connectivity index (χ1n) is 9.32. The molecule has 3 rings (SSSR count). The molecule has 9 nitrogen and oxygen atoms in total. The maximum atomic E-state index is 13.2. The number of hydrogen-bond donors (Lipinski definition) is 1. The minimum Gasteiger partial charge on any atom is -0.545 e. The lowest BCUT2D eigenvalue weighted by atomic mass is 10.0. The second kappa shape index (κ2) is 8.31. The summed E-state index contributed by atoms with van der Waals surface area (Å²) in [6.07, 6.45) is 1.35. The van der Waals surface area contributed by atoms with Crippen LogP contribution in [0.5, 0.6) is 0 Å². The summed E-state index contributed by atoms with van der Waals surface area (Å²) in [5.41, 5.74) is -1.41. The summed E-state index contributed by atoms with van der Waals surface area (Å²) >= 11 is 0. The zero-order valence-electron chi connectivity index (χ0n) is 16.7. The molecule has 0 saturated heterocycles. The van der Waals surface area contributed by atoms with E-state index in [4.69, 9.17) is 4.74 Å². The van der Waals surface area contributed by atoms with Gasteiger partial charge >= 0.3 is 5.97 Å². The highest BCUT2D eigenvalue weighted by molar-refractivity contribution is 6.17. The van der Waals surface area contributed by atoms with Crippen molar-refractivity contribution in [2.75, 3.05) is 16.8 Å². The van der Waals surface area contributed by atoms with E-state index in [0.29, 0.717) is 0 Å². The lowest BCUT2D eigenvalue weighted by Crippen LogP contribution is -2.51. The zero-order valence-corrected chi connectivity index (χ0v) is 16.7. The first kappa shape index (κ1) is 21.6. The number of rotatable bonds is 7. The Morgan fingerprint density at radius 1 is 1.03 bits per heavy atom. The Hall–Kier alpha value is -4.14. The molecule has 0 bridgehead atoms. The van der Waals surface area contributed by atoms with Gasteiger partial charge in [-0.3, -0.25) is 9.69 Å². The number of carbonyl (C=O) groups is 4. The number of hydrogen-bond acceptors (Lipinski definition) is 8. The molecule has 9 heteroatoms. The molecule has 2 aromatic rings. The normalized spacial score (nSPS) is 17.8. The number of amides is 1. The highest BCUT2D eigenvalue weighted by Crippen LogP contribution is 2.35. The smallest absolute Gasteiger partial charge is 0.336 e. The number of ether oxygens (including phenoxy) is 1. The zero-order chi connectivity index (χ0) is 22.8. The second-order valence-electron chi connectivity index (χ2n) is 6.90. The summed E-state index contributed by atoms with van der Waals surface area (Å²) in [5.74, 6) is -4.17. The predicted molar refractivity (Wildman–Crippen MR) is 106 cm³/mol. The fourth-order valence-electron chi connectivity index (χ4n) is 3.29. The number of esters is 1. The number of carbonyl (C=O) groups excluding carboxylic acids is 4. The van der Waals surface area contributed by atoms with Crippen molar-refractivity contribution in [3.8, 4) is 0 Å². The van der Waals surface area contributed by atoms with Crippen molar-refractivity contribution < 1.29 is 34.1 Å². The Kier molecular flexibility index (Phi) is 5.78. The molecule has 1 aliphatic rings. The largest absolute Gasteiger partial charge is 0.545 e. The number of carboxylic acids is 2. The third kappa shape index (κ3) is 4.11. The number of nitrogens with one attached hydrogen (secondary N) is 1. The van der Waals surface area contributed by atoms with E-state index < -0.39 is 29.4 Å². The van der Waals surface area contributed by atoms with Crippen LogP contribution in [0.25, 0.3) is 0 Å². The monoisotopic (exact) mass is 422 g/mol. The van der Waals surface area contributed by atoms with Crippen molar-refractivity contribution in [1.29, 1.82) is 0 Å². The van der Waals surface area contributed by atoms with E-state index in [2.05, 4.69) is 5.32 Å². The van der Waals surface area contributed by atoms with Gasteiger partial charge in [0, 0.05) is 11.4 Å². The summed E-state index contributed by atoms with van der Waals surface area (Å²) in [5, 5.41) is 25.2. The Morgan fingerprint density at radius 2 is 1.65 bits per heavy atom. The van der Waals surface area contributed by atoms with E-state index in [9.17, 15) is 29.4 Å². The van der Waals surface area contributed by atoms with Gasteiger partial charge in [-0.1, -0.05) is 24.3 Å². The van der Waals surface area contributed by atoms with Crippen LogP contribution >= 0.6 is 0 Å². The maximum absolute atomic E-state index is 13.2. The highest BCUT2D eigenvalue weighted by atomic mass is 16.5. The van der Waals surface area contributed by atoms with Gasteiger partial charge in [-0.15, -0.1) is 0 Å². The average molecular weight is 422 g/mol. The first-order chi connectivity index (χ1) is 14.7. The summed E-state index contributed by atoms with van der Waals surface area (Å²) in [4.78, 5) is 49.5. The molecule has 31 heavy (non-hydrogen) atoms. The van der Waals surface area contributed by atoms with Gasteiger partial charge in [-0.25, -0.2) is 4.79 Å². The molecule has 0 spiro atoms. The van der Waals surface area contributed by atoms with Gasteiger partial charge in [0.15, 0.2) is 5.54 Å².